The third kappa shape index (κ3) is 3.49. The number of hydrogen-bond donors (Lipinski definition) is 2. The zero-order chi connectivity index (χ0) is 19.8. The molecule has 1 aromatic carbocycles. The Morgan fingerprint density at radius 2 is 2.11 bits per heavy atom. The van der Waals surface area contributed by atoms with Crippen molar-refractivity contribution in [2.75, 3.05) is 11.9 Å². The number of thioether (sulfide) groups is 1. The lowest BCUT2D eigenvalue weighted by Gasteiger charge is -2.27. The highest BCUT2D eigenvalue weighted by atomic mass is 32.2. The Bertz CT molecular complexity index is 951. The Hall–Kier alpha value is -2.81. The molecule has 1 fully saturated rings. The van der Waals surface area contributed by atoms with Gasteiger partial charge >= 0.3 is 0 Å². The van der Waals surface area contributed by atoms with Crippen LogP contribution in [0.1, 0.15) is 28.9 Å². The maximum atomic E-state index is 12.7. The first-order valence-electron chi connectivity index (χ1n) is 9.02. The Morgan fingerprint density at radius 1 is 1.36 bits per heavy atom. The van der Waals surface area contributed by atoms with Crippen LogP contribution in [0.15, 0.2) is 22.7 Å². The van der Waals surface area contributed by atoms with Gasteiger partial charge in [-0.15, -0.1) is 0 Å². The molecular formula is C19H20N4O4S. The highest BCUT2D eigenvalue weighted by molar-refractivity contribution is 8.15. The molecule has 146 valence electrons. The van der Waals surface area contributed by atoms with E-state index in [1.54, 1.807) is 4.90 Å². The predicted octanol–water partition coefficient (Wildman–Crippen LogP) is 2.66. The number of amides is 3. The number of carbonyl (C=O) groups is 3. The minimum atomic E-state index is -0.656. The third-order valence-corrected chi connectivity index (χ3v) is 6.01. The lowest BCUT2D eigenvalue weighted by atomic mass is 10.1. The topological polar surface area (TPSA) is 105 Å². The molecule has 4 rings (SSSR count). The summed E-state index contributed by atoms with van der Waals surface area (Å²) in [5.74, 6) is 0.810. The van der Waals surface area contributed by atoms with E-state index in [1.807, 2.05) is 32.0 Å². The van der Waals surface area contributed by atoms with Crippen molar-refractivity contribution in [3.63, 3.8) is 0 Å². The van der Waals surface area contributed by atoms with Gasteiger partial charge in [0, 0.05) is 25.1 Å². The van der Waals surface area contributed by atoms with Gasteiger partial charge < -0.3 is 14.7 Å². The summed E-state index contributed by atoms with van der Waals surface area (Å²) in [5.41, 5.74) is 4.00. The second-order valence-corrected chi connectivity index (χ2v) is 8.15. The van der Waals surface area contributed by atoms with Crippen LogP contribution in [0.2, 0.25) is 0 Å². The molecule has 3 amide bonds. The van der Waals surface area contributed by atoms with Gasteiger partial charge in [0.05, 0.1) is 12.1 Å². The number of aryl methyl sites for hydroxylation is 2. The molecule has 2 N–H and O–H groups in total. The van der Waals surface area contributed by atoms with E-state index in [1.165, 1.54) is 0 Å². The van der Waals surface area contributed by atoms with Crippen molar-refractivity contribution >= 4 is 40.3 Å². The van der Waals surface area contributed by atoms with E-state index in [2.05, 4.69) is 15.8 Å². The van der Waals surface area contributed by atoms with E-state index in [0.29, 0.717) is 25.3 Å². The minimum Gasteiger partial charge on any atom is -0.359 e. The number of para-hydroxylation sites is 1. The normalized spacial score (nSPS) is 18.8. The first-order valence-corrected chi connectivity index (χ1v) is 9.90. The number of benzene rings is 1. The number of fused-ring (bicyclic) bond motifs is 1. The summed E-state index contributed by atoms with van der Waals surface area (Å²) in [6, 6.07) is 6.03. The van der Waals surface area contributed by atoms with E-state index in [4.69, 9.17) is 4.52 Å². The van der Waals surface area contributed by atoms with Crippen LogP contribution >= 0.6 is 11.8 Å². The third-order valence-electron chi connectivity index (χ3n) is 5.03. The summed E-state index contributed by atoms with van der Waals surface area (Å²) in [6.45, 7) is 4.89. The van der Waals surface area contributed by atoms with Crippen LogP contribution in [0.3, 0.4) is 0 Å². The molecule has 2 aromatic rings. The van der Waals surface area contributed by atoms with Crippen LogP contribution in [0.25, 0.3) is 0 Å². The maximum absolute atomic E-state index is 12.7. The molecule has 3 heterocycles. The molecule has 0 saturated carbocycles. The highest BCUT2D eigenvalue weighted by Crippen LogP contribution is 2.31. The van der Waals surface area contributed by atoms with Crippen LogP contribution in [-0.4, -0.2) is 38.9 Å². The highest BCUT2D eigenvalue weighted by Gasteiger charge is 2.35. The van der Waals surface area contributed by atoms with Crippen molar-refractivity contribution in [1.29, 1.82) is 0 Å². The Balaban J connectivity index is 1.49. The number of hydrogen-bond acceptors (Lipinski definition) is 7. The van der Waals surface area contributed by atoms with Gasteiger partial charge in [0.1, 0.15) is 11.0 Å². The molecule has 2 aliphatic heterocycles. The van der Waals surface area contributed by atoms with Gasteiger partial charge in [-0.25, -0.2) is 0 Å². The summed E-state index contributed by atoms with van der Waals surface area (Å²) in [5, 5.41) is 8.65. The number of anilines is 2. The van der Waals surface area contributed by atoms with E-state index in [-0.39, 0.29) is 12.3 Å². The number of rotatable bonds is 4. The van der Waals surface area contributed by atoms with Gasteiger partial charge in [-0.3, -0.25) is 19.7 Å². The number of nitrogens with one attached hydrogen (secondary N) is 2. The van der Waals surface area contributed by atoms with Crippen LogP contribution in [-0.2, 0) is 22.6 Å². The monoisotopic (exact) mass is 400 g/mol. The standard InChI is InChI=1S/C19H20N4O4S/c1-10-4-3-5-11(2)16(10)20-17-12-9-23(7-6-13(12)27-22-17)15(24)8-14-18(25)21-19(26)28-14/h3-5,14H,6-9H2,1-2H3,(H,20,22)(H,21,25,26)/t14-/m0/s1. The molecule has 1 saturated heterocycles. The van der Waals surface area contributed by atoms with Crippen LogP contribution in [0.5, 0.6) is 0 Å². The van der Waals surface area contributed by atoms with E-state index < -0.39 is 16.4 Å². The van der Waals surface area contributed by atoms with Gasteiger partial charge in [0.2, 0.25) is 11.8 Å². The van der Waals surface area contributed by atoms with Crippen molar-refractivity contribution in [3.05, 3.63) is 40.6 Å². The van der Waals surface area contributed by atoms with Crippen molar-refractivity contribution < 1.29 is 18.9 Å². The second kappa shape index (κ2) is 7.31. The van der Waals surface area contributed by atoms with E-state index in [9.17, 15) is 14.4 Å². The second-order valence-electron chi connectivity index (χ2n) is 6.98. The zero-order valence-corrected chi connectivity index (χ0v) is 16.4. The number of imide groups is 1. The van der Waals surface area contributed by atoms with Crippen LogP contribution in [0, 0.1) is 13.8 Å². The van der Waals surface area contributed by atoms with Crippen LogP contribution in [0.4, 0.5) is 16.3 Å². The van der Waals surface area contributed by atoms with Crippen molar-refractivity contribution in [2.45, 2.75) is 38.5 Å². The molecule has 2 aliphatic rings. The molecule has 9 heteroatoms. The summed E-state index contributed by atoms with van der Waals surface area (Å²) < 4.78 is 5.47. The molecule has 0 radical (unpaired) electrons. The van der Waals surface area contributed by atoms with E-state index in [0.717, 1.165) is 39.9 Å². The molecule has 1 aromatic heterocycles. The molecule has 8 nitrogen and oxygen atoms in total. The van der Waals surface area contributed by atoms with Gasteiger partial charge in [0.25, 0.3) is 5.24 Å². The first-order chi connectivity index (χ1) is 13.4. The van der Waals surface area contributed by atoms with Crippen LogP contribution < -0.4 is 10.6 Å². The molecule has 28 heavy (non-hydrogen) atoms. The fraction of sp³-hybridized carbons (Fsp3) is 0.368. The SMILES string of the molecule is Cc1cccc(C)c1Nc1noc2c1CN(C(=O)C[C@@H]1SC(=O)NC1=O)CC2. The van der Waals surface area contributed by atoms with Gasteiger partial charge in [-0.2, -0.15) is 0 Å². The lowest BCUT2D eigenvalue weighted by molar-refractivity contribution is -0.133. The van der Waals surface area contributed by atoms with E-state index >= 15 is 0 Å². The van der Waals surface area contributed by atoms with Crippen molar-refractivity contribution in [2.24, 2.45) is 0 Å². The predicted molar refractivity (Wildman–Crippen MR) is 104 cm³/mol. The average Bonchev–Trinajstić information content (AvgIpc) is 3.20. The number of carbonyl (C=O) groups excluding carboxylic acids is 3. The fourth-order valence-corrected chi connectivity index (χ4v) is 4.28. The summed E-state index contributed by atoms with van der Waals surface area (Å²) in [6.07, 6.45) is 0.563. The molecule has 0 bridgehead atoms. The average molecular weight is 400 g/mol. The minimum absolute atomic E-state index is 0.00250. The quantitative estimate of drug-likeness (QED) is 0.813. The molecule has 0 unspecified atom stereocenters. The first kappa shape index (κ1) is 18.5. The number of nitrogens with zero attached hydrogens (tertiary/aromatic N) is 2. The number of aromatic nitrogens is 1. The van der Waals surface area contributed by atoms with Gasteiger partial charge in [-0.1, -0.05) is 35.1 Å². The zero-order valence-electron chi connectivity index (χ0n) is 15.6. The lowest BCUT2D eigenvalue weighted by Crippen LogP contribution is -2.38. The Kier molecular flexibility index (Phi) is 4.84. The summed E-state index contributed by atoms with van der Waals surface area (Å²) >= 11 is 0.871. The maximum Gasteiger partial charge on any atom is 0.286 e. The Labute approximate surface area is 166 Å². The smallest absolute Gasteiger partial charge is 0.286 e. The summed E-state index contributed by atoms with van der Waals surface area (Å²) in [7, 11) is 0. The van der Waals surface area contributed by atoms with Gasteiger partial charge in [-0.05, 0) is 25.0 Å². The van der Waals surface area contributed by atoms with Gasteiger partial charge in [0.15, 0.2) is 5.82 Å². The molecular weight excluding hydrogens is 380 g/mol. The largest absolute Gasteiger partial charge is 0.359 e. The van der Waals surface area contributed by atoms with Crippen molar-refractivity contribution in [3.8, 4) is 0 Å². The van der Waals surface area contributed by atoms with Crippen molar-refractivity contribution in [1.82, 2.24) is 15.4 Å². The summed E-state index contributed by atoms with van der Waals surface area (Å²) in [4.78, 5) is 37.4. The molecule has 1 atom stereocenters. The fourth-order valence-electron chi connectivity index (χ4n) is 3.47. The molecule has 0 spiro atoms. The Morgan fingerprint density at radius 3 is 2.79 bits per heavy atom. The molecule has 0 aliphatic carbocycles.